The zero-order valence-corrected chi connectivity index (χ0v) is 10.7. The number of phenols is 1. The van der Waals surface area contributed by atoms with E-state index in [9.17, 15) is 23.4 Å². The minimum Gasteiger partial charge on any atom is -0.508 e. The van der Waals surface area contributed by atoms with Crippen molar-refractivity contribution >= 4 is 0 Å². The maximum absolute atomic E-state index is 12.6. The molecule has 106 valence electrons. The highest BCUT2D eigenvalue weighted by atomic mass is 19.4. The van der Waals surface area contributed by atoms with E-state index in [1.54, 1.807) is 12.1 Å². The second kappa shape index (κ2) is 4.71. The zero-order chi connectivity index (χ0) is 14.3. The van der Waals surface area contributed by atoms with E-state index in [4.69, 9.17) is 0 Å². The molecule has 5 heteroatoms. The molecule has 0 bridgehead atoms. The summed E-state index contributed by atoms with van der Waals surface area (Å²) in [6, 6.07) is 4.81. The number of hydrogen-bond donors (Lipinski definition) is 2. The topological polar surface area (TPSA) is 40.5 Å². The lowest BCUT2D eigenvalue weighted by molar-refractivity contribution is -0.179. The highest BCUT2D eigenvalue weighted by Gasteiger charge is 2.45. The van der Waals surface area contributed by atoms with Crippen molar-refractivity contribution in [3.63, 3.8) is 0 Å². The van der Waals surface area contributed by atoms with Gasteiger partial charge in [-0.1, -0.05) is 19.1 Å². The summed E-state index contributed by atoms with van der Waals surface area (Å²) in [5.74, 6) is -0.129. The molecule has 2 N–H and O–H groups in total. The Balaban J connectivity index is 2.37. The van der Waals surface area contributed by atoms with Crippen LogP contribution >= 0.6 is 0 Å². The summed E-state index contributed by atoms with van der Waals surface area (Å²) in [6.07, 6.45) is -5.03. The van der Waals surface area contributed by atoms with Gasteiger partial charge in [-0.3, -0.25) is 0 Å². The van der Waals surface area contributed by atoms with Gasteiger partial charge in [0.25, 0.3) is 0 Å². The largest absolute Gasteiger partial charge is 0.508 e. The van der Waals surface area contributed by atoms with Crippen molar-refractivity contribution in [3.8, 4) is 5.75 Å². The summed E-state index contributed by atoms with van der Waals surface area (Å²) in [7, 11) is 0. The van der Waals surface area contributed by atoms with Crippen molar-refractivity contribution in [1.29, 1.82) is 0 Å². The number of aromatic hydroxyl groups is 1. The number of phenolic OH excluding ortho intramolecular Hbond substituents is 1. The van der Waals surface area contributed by atoms with Crippen LogP contribution in [0.4, 0.5) is 13.2 Å². The first-order chi connectivity index (χ1) is 8.74. The molecule has 2 rings (SSSR count). The van der Waals surface area contributed by atoms with Gasteiger partial charge in [0.05, 0.1) is 12.0 Å². The van der Waals surface area contributed by atoms with Gasteiger partial charge in [0, 0.05) is 12.0 Å². The molecule has 0 radical (unpaired) electrons. The number of alkyl halides is 3. The summed E-state index contributed by atoms with van der Waals surface area (Å²) >= 11 is 0. The lowest BCUT2D eigenvalue weighted by atomic mass is 9.71. The first kappa shape index (κ1) is 14.2. The quantitative estimate of drug-likeness (QED) is 0.866. The van der Waals surface area contributed by atoms with Crippen LogP contribution in [0.3, 0.4) is 0 Å². The van der Waals surface area contributed by atoms with E-state index in [2.05, 4.69) is 0 Å². The molecule has 2 atom stereocenters. The third-order valence-electron chi connectivity index (χ3n) is 3.75. The van der Waals surface area contributed by atoms with E-state index in [0.29, 0.717) is 17.5 Å². The molecular formula is C14H17F3O2. The van der Waals surface area contributed by atoms with Gasteiger partial charge in [-0.25, -0.2) is 0 Å². The summed E-state index contributed by atoms with van der Waals surface area (Å²) < 4.78 is 37.7. The zero-order valence-electron chi connectivity index (χ0n) is 10.7. The van der Waals surface area contributed by atoms with Crippen molar-refractivity contribution < 1.29 is 23.4 Å². The fourth-order valence-corrected chi connectivity index (χ4v) is 3.07. The number of aliphatic hydroxyl groups is 1. The van der Waals surface area contributed by atoms with Crippen LogP contribution in [0.25, 0.3) is 0 Å². The molecule has 1 aliphatic rings. The molecule has 0 heterocycles. The van der Waals surface area contributed by atoms with Crippen molar-refractivity contribution in [2.45, 2.75) is 50.3 Å². The minimum atomic E-state index is -4.39. The SMILES string of the molecule is CCC1CC(O)(CC(F)(F)F)Cc2cccc(O)c21. The Morgan fingerprint density at radius 3 is 2.63 bits per heavy atom. The summed E-state index contributed by atoms with van der Waals surface area (Å²) in [4.78, 5) is 0. The van der Waals surface area contributed by atoms with Gasteiger partial charge in [-0.15, -0.1) is 0 Å². The molecule has 19 heavy (non-hydrogen) atoms. The highest BCUT2D eigenvalue weighted by molar-refractivity contribution is 5.44. The van der Waals surface area contributed by atoms with Crippen molar-refractivity contribution in [2.24, 2.45) is 0 Å². The first-order valence-corrected chi connectivity index (χ1v) is 6.34. The molecule has 0 fully saturated rings. The Kier molecular flexibility index (Phi) is 3.51. The lowest BCUT2D eigenvalue weighted by Crippen LogP contribution is -2.41. The van der Waals surface area contributed by atoms with Crippen molar-refractivity contribution in [1.82, 2.24) is 0 Å². The first-order valence-electron chi connectivity index (χ1n) is 6.34. The van der Waals surface area contributed by atoms with Gasteiger partial charge in [0.2, 0.25) is 0 Å². The molecule has 0 saturated carbocycles. The molecule has 2 unspecified atom stereocenters. The molecule has 1 aliphatic carbocycles. The van der Waals surface area contributed by atoms with Gasteiger partial charge < -0.3 is 10.2 Å². The van der Waals surface area contributed by atoms with E-state index in [1.807, 2.05) is 6.92 Å². The monoisotopic (exact) mass is 274 g/mol. The Bertz CT molecular complexity index is 470. The predicted octanol–water partition coefficient (Wildman–Crippen LogP) is 3.52. The van der Waals surface area contributed by atoms with E-state index < -0.39 is 18.2 Å². The van der Waals surface area contributed by atoms with Crippen LogP contribution < -0.4 is 0 Å². The van der Waals surface area contributed by atoms with E-state index in [1.165, 1.54) is 6.07 Å². The van der Waals surface area contributed by atoms with Crippen LogP contribution in [0.15, 0.2) is 18.2 Å². The average Bonchev–Trinajstić information content (AvgIpc) is 2.24. The molecule has 1 aromatic carbocycles. The van der Waals surface area contributed by atoms with Crippen LogP contribution in [0.1, 0.15) is 43.2 Å². The molecule has 0 amide bonds. The fourth-order valence-electron chi connectivity index (χ4n) is 3.07. The van der Waals surface area contributed by atoms with E-state index in [0.717, 1.165) is 0 Å². The fraction of sp³-hybridized carbons (Fsp3) is 0.571. The smallest absolute Gasteiger partial charge is 0.391 e. The second-order valence-electron chi connectivity index (χ2n) is 5.35. The van der Waals surface area contributed by atoms with Crippen LogP contribution in [-0.4, -0.2) is 22.0 Å². The standard InChI is InChI=1S/C14H17F3O2/c1-2-9-6-13(19,8-14(15,16)17)7-10-4-3-5-11(18)12(9)10/h3-5,9,18-19H,2,6-8H2,1H3. The Labute approximate surface area is 109 Å². The molecule has 1 aromatic rings. The van der Waals surface area contributed by atoms with Gasteiger partial charge in [-0.05, 0) is 30.4 Å². The third kappa shape index (κ3) is 3.03. The van der Waals surface area contributed by atoms with Gasteiger partial charge in [0.1, 0.15) is 5.75 Å². The Morgan fingerprint density at radius 2 is 2.05 bits per heavy atom. The Hall–Kier alpha value is -1.23. The minimum absolute atomic E-state index is 0.0353. The van der Waals surface area contributed by atoms with Crippen molar-refractivity contribution in [3.05, 3.63) is 29.3 Å². The van der Waals surface area contributed by atoms with Crippen LogP contribution in [-0.2, 0) is 6.42 Å². The normalized spacial score (nSPS) is 27.1. The number of hydrogen-bond acceptors (Lipinski definition) is 2. The second-order valence-corrected chi connectivity index (χ2v) is 5.35. The highest BCUT2D eigenvalue weighted by Crippen LogP contribution is 2.46. The number of halogens is 3. The lowest BCUT2D eigenvalue weighted by Gasteiger charge is -2.38. The molecule has 0 aromatic heterocycles. The predicted molar refractivity (Wildman–Crippen MR) is 65.1 cm³/mol. The molecule has 0 saturated heterocycles. The van der Waals surface area contributed by atoms with E-state index >= 15 is 0 Å². The third-order valence-corrected chi connectivity index (χ3v) is 3.75. The molecule has 2 nitrogen and oxygen atoms in total. The van der Waals surface area contributed by atoms with Gasteiger partial charge in [0.15, 0.2) is 0 Å². The summed E-state index contributed by atoms with van der Waals surface area (Å²) in [5.41, 5.74) is -0.457. The number of rotatable bonds is 2. The van der Waals surface area contributed by atoms with Crippen LogP contribution in [0.5, 0.6) is 5.75 Å². The van der Waals surface area contributed by atoms with Crippen molar-refractivity contribution in [2.75, 3.05) is 0 Å². The molecule has 0 spiro atoms. The molecule has 0 aliphatic heterocycles. The average molecular weight is 274 g/mol. The van der Waals surface area contributed by atoms with Gasteiger partial charge >= 0.3 is 6.18 Å². The van der Waals surface area contributed by atoms with Gasteiger partial charge in [-0.2, -0.15) is 13.2 Å². The van der Waals surface area contributed by atoms with Crippen LogP contribution in [0, 0.1) is 0 Å². The molecular weight excluding hydrogens is 257 g/mol. The van der Waals surface area contributed by atoms with Crippen LogP contribution in [0.2, 0.25) is 0 Å². The maximum atomic E-state index is 12.6. The summed E-state index contributed by atoms with van der Waals surface area (Å²) in [6.45, 7) is 1.85. The Morgan fingerprint density at radius 1 is 1.37 bits per heavy atom. The van der Waals surface area contributed by atoms with E-state index in [-0.39, 0.29) is 24.5 Å². The maximum Gasteiger partial charge on any atom is 0.391 e. The number of benzene rings is 1. The number of fused-ring (bicyclic) bond motifs is 1. The summed E-state index contributed by atoms with van der Waals surface area (Å²) in [5, 5.41) is 20.1.